The Morgan fingerprint density at radius 3 is 2.71 bits per heavy atom. The van der Waals surface area contributed by atoms with Crippen molar-refractivity contribution in [3.8, 4) is 0 Å². The van der Waals surface area contributed by atoms with Gasteiger partial charge in [-0.3, -0.25) is 4.98 Å². The van der Waals surface area contributed by atoms with Gasteiger partial charge in [0.1, 0.15) is 10.8 Å². The molecule has 0 bridgehead atoms. The van der Waals surface area contributed by atoms with Crippen LogP contribution in [0.25, 0.3) is 0 Å². The summed E-state index contributed by atoms with van der Waals surface area (Å²) in [7, 11) is 0. The third kappa shape index (κ3) is 2.76. The summed E-state index contributed by atoms with van der Waals surface area (Å²) in [6.45, 7) is 2.01. The topological polar surface area (TPSA) is 63.8 Å². The van der Waals surface area contributed by atoms with Gasteiger partial charge in [-0.1, -0.05) is 12.2 Å². The molecule has 0 saturated carbocycles. The van der Waals surface area contributed by atoms with E-state index in [-0.39, 0.29) is 0 Å². The van der Waals surface area contributed by atoms with E-state index < -0.39 is 0 Å². The highest BCUT2D eigenvalue weighted by Crippen LogP contribution is 2.17. The Balaban J connectivity index is 2.20. The lowest BCUT2D eigenvalue weighted by Gasteiger charge is -2.08. The predicted molar refractivity (Wildman–Crippen MR) is 72.4 cm³/mol. The summed E-state index contributed by atoms with van der Waals surface area (Å²) in [4.78, 5) is 8.64. The minimum atomic E-state index is 0.349. The number of hydrogen-bond acceptors (Lipinski definition) is 4. The van der Waals surface area contributed by atoms with Crippen LogP contribution in [-0.2, 0) is 0 Å². The average Bonchev–Trinajstić information content (AvgIpc) is 2.33. The van der Waals surface area contributed by atoms with Gasteiger partial charge < -0.3 is 11.1 Å². The van der Waals surface area contributed by atoms with Crippen LogP contribution < -0.4 is 11.1 Å². The van der Waals surface area contributed by atoms with E-state index in [0.717, 1.165) is 22.6 Å². The van der Waals surface area contributed by atoms with Crippen molar-refractivity contribution in [1.82, 2.24) is 9.97 Å². The molecule has 0 spiro atoms. The molecule has 0 aliphatic rings. The Morgan fingerprint density at radius 2 is 2.12 bits per heavy atom. The van der Waals surface area contributed by atoms with E-state index in [2.05, 4.69) is 15.3 Å². The molecule has 0 radical (unpaired) electrons. The maximum atomic E-state index is 5.50. The Hall–Kier alpha value is -2.01. The van der Waals surface area contributed by atoms with Crippen molar-refractivity contribution >= 4 is 28.7 Å². The van der Waals surface area contributed by atoms with Gasteiger partial charge in [0.15, 0.2) is 0 Å². The highest BCUT2D eigenvalue weighted by atomic mass is 32.1. The fraction of sp³-hybridized carbons (Fsp3) is 0.0833. The van der Waals surface area contributed by atoms with Crippen molar-refractivity contribution < 1.29 is 0 Å². The average molecular weight is 244 g/mol. The number of aryl methyl sites for hydroxylation is 1. The van der Waals surface area contributed by atoms with Crippen molar-refractivity contribution in [3.05, 3.63) is 47.9 Å². The fourth-order valence-corrected chi connectivity index (χ4v) is 1.47. The Kier molecular flexibility index (Phi) is 3.30. The second-order valence-corrected chi connectivity index (χ2v) is 4.05. The first kappa shape index (κ1) is 11.5. The van der Waals surface area contributed by atoms with Gasteiger partial charge in [0.05, 0.1) is 11.9 Å². The standard InChI is InChI=1S/C12H12N4S/c1-8-4-5-14-7-10(8)16-11-3-2-9(6-15-11)12(13)17/h2-7H,1H3,(H2,13,17)(H,15,16). The highest BCUT2D eigenvalue weighted by Gasteiger charge is 2.01. The van der Waals surface area contributed by atoms with Gasteiger partial charge in [-0.15, -0.1) is 0 Å². The van der Waals surface area contributed by atoms with Crippen LogP contribution in [0.15, 0.2) is 36.8 Å². The zero-order valence-corrected chi connectivity index (χ0v) is 10.2. The molecule has 5 heteroatoms. The van der Waals surface area contributed by atoms with E-state index in [9.17, 15) is 0 Å². The lowest BCUT2D eigenvalue weighted by atomic mass is 10.2. The molecule has 2 aromatic heterocycles. The van der Waals surface area contributed by atoms with Crippen molar-refractivity contribution in [2.75, 3.05) is 5.32 Å². The SMILES string of the molecule is Cc1ccncc1Nc1ccc(C(N)=S)cn1. The molecule has 2 aromatic rings. The number of thiocarbonyl (C=S) groups is 1. The number of nitrogens with two attached hydrogens (primary N) is 1. The number of pyridine rings is 2. The summed E-state index contributed by atoms with van der Waals surface area (Å²) >= 11 is 4.86. The summed E-state index contributed by atoms with van der Waals surface area (Å²) in [5, 5.41) is 3.18. The van der Waals surface area contributed by atoms with Crippen molar-refractivity contribution in [2.45, 2.75) is 6.92 Å². The summed E-state index contributed by atoms with van der Waals surface area (Å²) in [6, 6.07) is 5.61. The van der Waals surface area contributed by atoms with E-state index in [1.807, 2.05) is 25.1 Å². The zero-order chi connectivity index (χ0) is 12.3. The molecule has 0 fully saturated rings. The van der Waals surface area contributed by atoms with Gasteiger partial charge >= 0.3 is 0 Å². The molecule has 3 N–H and O–H groups in total. The lowest BCUT2D eigenvalue weighted by molar-refractivity contribution is 1.25. The van der Waals surface area contributed by atoms with Crippen LogP contribution >= 0.6 is 12.2 Å². The van der Waals surface area contributed by atoms with Crippen LogP contribution in [0.2, 0.25) is 0 Å². The fourth-order valence-electron chi connectivity index (χ4n) is 1.35. The number of rotatable bonds is 3. The summed E-state index contributed by atoms with van der Waals surface area (Å²) in [5.41, 5.74) is 8.30. The third-order valence-corrected chi connectivity index (χ3v) is 2.59. The van der Waals surface area contributed by atoms with Crippen LogP contribution in [0.5, 0.6) is 0 Å². The Labute approximate surface area is 105 Å². The maximum absolute atomic E-state index is 5.50. The Bertz CT molecular complexity index is 536. The largest absolute Gasteiger partial charge is 0.389 e. The summed E-state index contributed by atoms with van der Waals surface area (Å²) in [6.07, 6.45) is 5.17. The molecule has 4 nitrogen and oxygen atoms in total. The molecule has 0 amide bonds. The monoisotopic (exact) mass is 244 g/mol. The molecule has 0 aliphatic carbocycles. The smallest absolute Gasteiger partial charge is 0.130 e. The molecular weight excluding hydrogens is 232 g/mol. The van der Waals surface area contributed by atoms with Crippen molar-refractivity contribution in [1.29, 1.82) is 0 Å². The number of anilines is 2. The van der Waals surface area contributed by atoms with E-state index in [4.69, 9.17) is 18.0 Å². The highest BCUT2D eigenvalue weighted by molar-refractivity contribution is 7.80. The molecule has 17 heavy (non-hydrogen) atoms. The zero-order valence-electron chi connectivity index (χ0n) is 9.34. The van der Waals surface area contributed by atoms with Gasteiger partial charge in [0.2, 0.25) is 0 Å². The van der Waals surface area contributed by atoms with Gasteiger partial charge in [-0.25, -0.2) is 4.98 Å². The molecule has 0 unspecified atom stereocenters. The van der Waals surface area contributed by atoms with Crippen LogP contribution in [0.1, 0.15) is 11.1 Å². The quantitative estimate of drug-likeness (QED) is 0.810. The van der Waals surface area contributed by atoms with Gasteiger partial charge in [0, 0.05) is 18.0 Å². The first-order chi connectivity index (χ1) is 8.16. The second kappa shape index (κ2) is 4.88. The van der Waals surface area contributed by atoms with E-state index in [1.165, 1.54) is 0 Å². The van der Waals surface area contributed by atoms with Gasteiger partial charge in [0.25, 0.3) is 0 Å². The molecule has 2 heterocycles. The van der Waals surface area contributed by atoms with Crippen LogP contribution in [0.4, 0.5) is 11.5 Å². The Morgan fingerprint density at radius 1 is 1.29 bits per heavy atom. The molecule has 0 aliphatic heterocycles. The molecular formula is C12H12N4S. The molecule has 0 saturated heterocycles. The molecule has 0 aromatic carbocycles. The number of nitrogens with one attached hydrogen (secondary N) is 1. The second-order valence-electron chi connectivity index (χ2n) is 3.61. The first-order valence-electron chi connectivity index (χ1n) is 5.10. The summed E-state index contributed by atoms with van der Waals surface area (Å²) < 4.78 is 0. The van der Waals surface area contributed by atoms with E-state index in [1.54, 1.807) is 18.6 Å². The van der Waals surface area contributed by atoms with Crippen LogP contribution in [-0.4, -0.2) is 15.0 Å². The molecule has 0 atom stereocenters. The predicted octanol–water partition coefficient (Wildman–Crippen LogP) is 2.16. The van der Waals surface area contributed by atoms with Gasteiger partial charge in [-0.05, 0) is 30.7 Å². The third-order valence-electron chi connectivity index (χ3n) is 2.35. The molecule has 86 valence electrons. The number of hydrogen-bond donors (Lipinski definition) is 2. The van der Waals surface area contributed by atoms with Crippen molar-refractivity contribution in [3.63, 3.8) is 0 Å². The normalized spacial score (nSPS) is 9.94. The first-order valence-corrected chi connectivity index (χ1v) is 5.51. The van der Waals surface area contributed by atoms with Crippen LogP contribution in [0.3, 0.4) is 0 Å². The number of nitrogens with zero attached hydrogens (tertiary/aromatic N) is 2. The number of aromatic nitrogens is 2. The summed E-state index contributed by atoms with van der Waals surface area (Å²) in [5.74, 6) is 0.737. The van der Waals surface area contributed by atoms with Gasteiger partial charge in [-0.2, -0.15) is 0 Å². The molecule has 2 rings (SSSR count). The minimum Gasteiger partial charge on any atom is -0.389 e. The minimum absolute atomic E-state index is 0.349. The maximum Gasteiger partial charge on any atom is 0.130 e. The van der Waals surface area contributed by atoms with E-state index in [0.29, 0.717) is 4.99 Å². The lowest BCUT2D eigenvalue weighted by Crippen LogP contribution is -2.09. The van der Waals surface area contributed by atoms with E-state index >= 15 is 0 Å². The van der Waals surface area contributed by atoms with Crippen molar-refractivity contribution in [2.24, 2.45) is 5.73 Å². The van der Waals surface area contributed by atoms with Crippen LogP contribution in [0, 0.1) is 6.92 Å².